The Morgan fingerprint density at radius 3 is 2.50 bits per heavy atom. The normalized spacial score (nSPS) is 9.89. The van der Waals surface area contributed by atoms with Crippen LogP contribution in [0.2, 0.25) is 10.0 Å². The van der Waals surface area contributed by atoms with Crippen LogP contribution in [-0.2, 0) is 0 Å². The highest BCUT2D eigenvalue weighted by Gasteiger charge is 2.07. The molecule has 0 aliphatic carbocycles. The third kappa shape index (κ3) is 2.97. The molecule has 0 aliphatic heterocycles. The lowest BCUT2D eigenvalue weighted by molar-refractivity contribution is 0.481. The molecule has 5 heteroatoms. The van der Waals surface area contributed by atoms with E-state index in [-0.39, 0.29) is 0 Å². The van der Waals surface area contributed by atoms with E-state index in [1.165, 1.54) is 0 Å². The van der Waals surface area contributed by atoms with Crippen molar-refractivity contribution in [2.75, 3.05) is 0 Å². The van der Waals surface area contributed by atoms with Crippen LogP contribution < -0.4 is 4.74 Å². The van der Waals surface area contributed by atoms with Gasteiger partial charge in [-0.3, -0.25) is 0 Å². The zero-order valence-electron chi connectivity index (χ0n) is 8.95. The van der Waals surface area contributed by atoms with Gasteiger partial charge >= 0.3 is 0 Å². The SMILES string of the molecule is N#Cc1cc(Br)ccc1Oc1ccc(Cl)c(Cl)c1. The maximum absolute atomic E-state index is 9.02. The molecule has 0 radical (unpaired) electrons. The quantitative estimate of drug-likeness (QED) is 0.730. The lowest BCUT2D eigenvalue weighted by Gasteiger charge is -2.08. The Kier molecular flexibility index (Phi) is 4.13. The lowest BCUT2D eigenvalue weighted by atomic mass is 10.2. The van der Waals surface area contributed by atoms with Gasteiger partial charge in [-0.1, -0.05) is 39.1 Å². The van der Waals surface area contributed by atoms with E-state index in [9.17, 15) is 0 Å². The second-order valence-electron chi connectivity index (χ2n) is 3.43. The average molecular weight is 343 g/mol. The van der Waals surface area contributed by atoms with Gasteiger partial charge in [-0.05, 0) is 30.3 Å². The Balaban J connectivity index is 2.34. The summed E-state index contributed by atoms with van der Waals surface area (Å²) in [5, 5.41) is 9.89. The molecule has 0 fully saturated rings. The second kappa shape index (κ2) is 5.62. The maximum Gasteiger partial charge on any atom is 0.145 e. The molecule has 0 atom stereocenters. The van der Waals surface area contributed by atoms with Gasteiger partial charge in [0.2, 0.25) is 0 Å². The third-order valence-corrected chi connectivity index (χ3v) is 3.41. The van der Waals surface area contributed by atoms with Gasteiger partial charge in [-0.2, -0.15) is 5.26 Å². The largest absolute Gasteiger partial charge is 0.456 e. The maximum atomic E-state index is 9.02. The molecule has 0 saturated carbocycles. The Morgan fingerprint density at radius 1 is 1.06 bits per heavy atom. The summed E-state index contributed by atoms with van der Waals surface area (Å²) in [4.78, 5) is 0. The van der Waals surface area contributed by atoms with E-state index in [1.54, 1.807) is 36.4 Å². The van der Waals surface area contributed by atoms with E-state index in [4.69, 9.17) is 33.2 Å². The van der Waals surface area contributed by atoms with Crippen molar-refractivity contribution in [3.63, 3.8) is 0 Å². The molecular weight excluding hydrogens is 337 g/mol. The van der Waals surface area contributed by atoms with Crippen molar-refractivity contribution in [3.8, 4) is 17.6 Å². The molecule has 2 nitrogen and oxygen atoms in total. The number of hydrogen-bond donors (Lipinski definition) is 0. The van der Waals surface area contributed by atoms with Crippen LogP contribution in [-0.4, -0.2) is 0 Å². The van der Waals surface area contributed by atoms with Gasteiger partial charge in [0.25, 0.3) is 0 Å². The highest BCUT2D eigenvalue weighted by atomic mass is 79.9. The van der Waals surface area contributed by atoms with Crippen molar-refractivity contribution in [3.05, 3.63) is 56.5 Å². The summed E-state index contributed by atoms with van der Waals surface area (Å²) in [7, 11) is 0. The minimum atomic E-state index is 0.407. The smallest absolute Gasteiger partial charge is 0.145 e. The first-order valence-electron chi connectivity index (χ1n) is 4.92. The molecule has 0 bridgehead atoms. The molecule has 18 heavy (non-hydrogen) atoms. The minimum Gasteiger partial charge on any atom is -0.456 e. The summed E-state index contributed by atoms with van der Waals surface area (Å²) in [5.41, 5.74) is 0.440. The molecule has 0 unspecified atom stereocenters. The molecule has 0 aromatic heterocycles. The number of rotatable bonds is 2. The Labute approximate surface area is 123 Å². The molecule has 0 amide bonds. The monoisotopic (exact) mass is 341 g/mol. The Morgan fingerprint density at radius 2 is 1.83 bits per heavy atom. The summed E-state index contributed by atoms with van der Waals surface area (Å²) in [6.45, 7) is 0. The van der Waals surface area contributed by atoms with Crippen LogP contribution in [0.1, 0.15) is 5.56 Å². The van der Waals surface area contributed by atoms with E-state index in [1.807, 2.05) is 0 Å². The predicted octanol–water partition coefficient (Wildman–Crippen LogP) is 5.42. The average Bonchev–Trinajstić information content (AvgIpc) is 2.36. The van der Waals surface area contributed by atoms with Gasteiger partial charge in [-0.25, -0.2) is 0 Å². The summed E-state index contributed by atoms with van der Waals surface area (Å²) in [5.74, 6) is 1.00. The first-order chi connectivity index (χ1) is 8.60. The highest BCUT2D eigenvalue weighted by molar-refractivity contribution is 9.10. The van der Waals surface area contributed by atoms with Gasteiger partial charge in [0.05, 0.1) is 15.6 Å². The molecule has 0 aliphatic rings. The minimum absolute atomic E-state index is 0.407. The van der Waals surface area contributed by atoms with Gasteiger partial charge in [0.15, 0.2) is 0 Å². The summed E-state index contributed by atoms with van der Waals surface area (Å²) in [6.07, 6.45) is 0. The molecular formula is C13H6BrCl2NO. The summed E-state index contributed by atoms with van der Waals surface area (Å²) < 4.78 is 6.42. The second-order valence-corrected chi connectivity index (χ2v) is 5.16. The van der Waals surface area contributed by atoms with Crippen LogP contribution in [0.15, 0.2) is 40.9 Å². The number of ether oxygens (including phenoxy) is 1. The number of halogens is 3. The van der Waals surface area contributed by atoms with Crippen LogP contribution >= 0.6 is 39.1 Å². The highest BCUT2D eigenvalue weighted by Crippen LogP contribution is 2.31. The number of hydrogen-bond acceptors (Lipinski definition) is 2. The van der Waals surface area contributed by atoms with Crippen molar-refractivity contribution < 1.29 is 4.74 Å². The van der Waals surface area contributed by atoms with Crippen molar-refractivity contribution in [2.24, 2.45) is 0 Å². The van der Waals surface area contributed by atoms with E-state index >= 15 is 0 Å². The molecule has 90 valence electrons. The van der Waals surface area contributed by atoms with Crippen LogP contribution in [0.3, 0.4) is 0 Å². The van der Waals surface area contributed by atoms with Crippen LogP contribution in [0.4, 0.5) is 0 Å². The molecule has 2 aromatic rings. The van der Waals surface area contributed by atoms with Gasteiger partial charge in [0.1, 0.15) is 17.6 Å². The lowest BCUT2D eigenvalue weighted by Crippen LogP contribution is -1.88. The van der Waals surface area contributed by atoms with E-state index < -0.39 is 0 Å². The molecule has 0 heterocycles. The zero-order valence-corrected chi connectivity index (χ0v) is 12.1. The van der Waals surface area contributed by atoms with E-state index in [0.29, 0.717) is 27.1 Å². The molecule has 2 rings (SSSR count). The summed E-state index contributed by atoms with van der Waals surface area (Å²) >= 11 is 15.0. The molecule has 2 aromatic carbocycles. The standard InChI is InChI=1S/C13H6BrCl2NO/c14-9-1-4-13(8(5-9)7-17)18-10-2-3-11(15)12(16)6-10/h1-6H. The number of nitrogens with zero attached hydrogens (tertiary/aromatic N) is 1. The molecule has 0 N–H and O–H groups in total. The Hall–Kier alpha value is -1.21. The van der Waals surface area contributed by atoms with Gasteiger partial charge in [-0.15, -0.1) is 0 Å². The zero-order chi connectivity index (χ0) is 13.1. The van der Waals surface area contributed by atoms with E-state index in [0.717, 1.165) is 4.47 Å². The van der Waals surface area contributed by atoms with E-state index in [2.05, 4.69) is 22.0 Å². The fraction of sp³-hybridized carbons (Fsp3) is 0. The number of nitriles is 1. The van der Waals surface area contributed by atoms with Crippen molar-refractivity contribution >= 4 is 39.1 Å². The fourth-order valence-corrected chi connectivity index (χ4v) is 2.00. The van der Waals surface area contributed by atoms with Crippen LogP contribution in [0.25, 0.3) is 0 Å². The first kappa shape index (κ1) is 13.2. The van der Waals surface area contributed by atoms with Crippen LogP contribution in [0.5, 0.6) is 11.5 Å². The van der Waals surface area contributed by atoms with Gasteiger partial charge in [0, 0.05) is 10.5 Å². The third-order valence-electron chi connectivity index (χ3n) is 2.18. The van der Waals surface area contributed by atoms with Crippen LogP contribution in [0, 0.1) is 11.3 Å². The van der Waals surface area contributed by atoms with Crippen molar-refractivity contribution in [1.29, 1.82) is 5.26 Å². The molecule has 0 spiro atoms. The first-order valence-corrected chi connectivity index (χ1v) is 6.47. The topological polar surface area (TPSA) is 33.0 Å². The van der Waals surface area contributed by atoms with Crippen molar-refractivity contribution in [2.45, 2.75) is 0 Å². The predicted molar refractivity (Wildman–Crippen MR) is 75.4 cm³/mol. The fourth-order valence-electron chi connectivity index (χ4n) is 1.35. The summed E-state index contributed by atoms with van der Waals surface area (Å²) in [6, 6.07) is 12.2. The number of benzene rings is 2. The molecule has 0 saturated heterocycles. The van der Waals surface area contributed by atoms with Crippen molar-refractivity contribution in [1.82, 2.24) is 0 Å². The van der Waals surface area contributed by atoms with Gasteiger partial charge < -0.3 is 4.74 Å². The Bertz CT molecular complexity index is 637.